The van der Waals surface area contributed by atoms with Gasteiger partial charge in [0.05, 0.1) is 0 Å². The normalized spacial score (nSPS) is 11.5. The Morgan fingerprint density at radius 1 is 0.789 bits per heavy atom. The molecule has 0 saturated carbocycles. The van der Waals surface area contributed by atoms with Gasteiger partial charge in [-0.05, 0) is 19.3 Å². The molecule has 0 bridgehead atoms. The molecule has 19 heavy (non-hydrogen) atoms. The molecule has 0 aromatic rings. The molecule has 0 unspecified atom stereocenters. The summed E-state index contributed by atoms with van der Waals surface area (Å²) in [5.74, 6) is 0.423. The first-order valence-electron chi connectivity index (χ1n) is 6.99. The molecule has 0 aromatic heterocycles. The van der Waals surface area contributed by atoms with Crippen LogP contribution in [-0.2, 0) is 0 Å². The van der Waals surface area contributed by atoms with Crippen molar-refractivity contribution in [1.29, 1.82) is 0 Å². The van der Waals surface area contributed by atoms with E-state index in [1.165, 1.54) is 0 Å². The predicted octanol–water partition coefficient (Wildman–Crippen LogP) is 2.88. The lowest BCUT2D eigenvalue weighted by molar-refractivity contribution is 0.873. The highest BCUT2D eigenvalue weighted by molar-refractivity contribution is 5.81. The van der Waals surface area contributed by atoms with Crippen LogP contribution in [0, 0.1) is 0 Å². The van der Waals surface area contributed by atoms with E-state index in [2.05, 4.69) is 52.0 Å². The van der Waals surface area contributed by atoms with Crippen LogP contribution >= 0.6 is 0 Å². The Balaban J connectivity index is 4.28. The van der Waals surface area contributed by atoms with Gasteiger partial charge in [0.15, 0.2) is 0 Å². The SMILES string of the molecule is CCC/C=N/N=C(N/N=C/CCC)N/N=C/CCC. The van der Waals surface area contributed by atoms with Gasteiger partial charge in [-0.1, -0.05) is 40.0 Å². The van der Waals surface area contributed by atoms with E-state index in [4.69, 9.17) is 0 Å². The molecule has 0 aliphatic rings. The van der Waals surface area contributed by atoms with E-state index < -0.39 is 0 Å². The first-order valence-corrected chi connectivity index (χ1v) is 6.99. The molecule has 0 radical (unpaired) electrons. The number of rotatable bonds is 9. The van der Waals surface area contributed by atoms with Gasteiger partial charge in [0, 0.05) is 18.6 Å². The van der Waals surface area contributed by atoms with E-state index in [9.17, 15) is 0 Å². The summed E-state index contributed by atoms with van der Waals surface area (Å²) in [7, 11) is 0. The summed E-state index contributed by atoms with van der Waals surface area (Å²) < 4.78 is 0. The minimum atomic E-state index is 0.423. The van der Waals surface area contributed by atoms with Crippen molar-refractivity contribution in [2.75, 3.05) is 0 Å². The number of guanidine groups is 1. The summed E-state index contributed by atoms with van der Waals surface area (Å²) in [6, 6.07) is 0. The van der Waals surface area contributed by atoms with Crippen molar-refractivity contribution in [3.8, 4) is 0 Å². The Morgan fingerprint density at radius 3 is 1.74 bits per heavy atom. The molecule has 0 amide bonds. The van der Waals surface area contributed by atoms with Crippen LogP contribution in [0.1, 0.15) is 59.3 Å². The van der Waals surface area contributed by atoms with Crippen LogP contribution in [0.4, 0.5) is 0 Å². The van der Waals surface area contributed by atoms with Gasteiger partial charge in [-0.2, -0.15) is 15.3 Å². The fourth-order valence-electron chi connectivity index (χ4n) is 0.956. The van der Waals surface area contributed by atoms with Crippen molar-refractivity contribution in [3.05, 3.63) is 0 Å². The minimum absolute atomic E-state index is 0.423. The zero-order valence-electron chi connectivity index (χ0n) is 12.3. The van der Waals surface area contributed by atoms with Crippen LogP contribution < -0.4 is 10.9 Å². The molecule has 0 spiro atoms. The second kappa shape index (κ2) is 14.3. The van der Waals surface area contributed by atoms with Gasteiger partial charge in [0.25, 0.3) is 5.96 Å². The van der Waals surface area contributed by atoms with Gasteiger partial charge >= 0.3 is 0 Å². The molecule has 0 heterocycles. The maximum absolute atomic E-state index is 4.04. The summed E-state index contributed by atoms with van der Waals surface area (Å²) >= 11 is 0. The van der Waals surface area contributed by atoms with Crippen LogP contribution in [-0.4, -0.2) is 24.6 Å². The molecule has 0 atom stereocenters. The quantitative estimate of drug-likeness (QED) is 0.382. The van der Waals surface area contributed by atoms with Crippen LogP contribution in [0.3, 0.4) is 0 Å². The first kappa shape index (κ1) is 17.3. The number of hydrazone groups is 2. The minimum Gasteiger partial charge on any atom is -0.245 e. The molecule has 0 fully saturated rings. The lowest BCUT2D eigenvalue weighted by Crippen LogP contribution is -2.30. The van der Waals surface area contributed by atoms with E-state index in [0.29, 0.717) is 5.96 Å². The first-order chi connectivity index (χ1) is 9.35. The average molecular weight is 266 g/mol. The molecule has 0 rings (SSSR count). The van der Waals surface area contributed by atoms with Gasteiger partial charge in [0.1, 0.15) is 0 Å². The Labute approximate surface area is 116 Å². The zero-order chi connectivity index (χ0) is 14.2. The number of hydrogen-bond donors (Lipinski definition) is 2. The number of nitrogens with one attached hydrogen (secondary N) is 2. The lowest BCUT2D eigenvalue weighted by atomic mass is 10.4. The Bertz CT molecular complexity index is 286. The molecule has 0 aliphatic carbocycles. The standard InChI is InChI=1S/C13H26N6/c1-4-7-10-14-17-13(18-15-11-8-5-2)19-16-12-9-6-3/h10-12H,4-9H2,1-3H3,(H2,17,18,19)/b14-10+,15-11+,16-12+. The lowest BCUT2D eigenvalue weighted by Gasteiger charge is -2.01. The van der Waals surface area contributed by atoms with E-state index >= 15 is 0 Å². The van der Waals surface area contributed by atoms with Gasteiger partial charge in [0.2, 0.25) is 0 Å². The number of unbranched alkanes of at least 4 members (excludes halogenated alkanes) is 3. The molecular formula is C13H26N6. The fourth-order valence-corrected chi connectivity index (χ4v) is 0.956. The molecule has 0 aliphatic heterocycles. The third-order valence-corrected chi connectivity index (χ3v) is 2.02. The van der Waals surface area contributed by atoms with Crippen molar-refractivity contribution in [2.24, 2.45) is 20.4 Å². The maximum Gasteiger partial charge on any atom is 0.257 e. The molecule has 108 valence electrons. The fraction of sp³-hybridized carbons (Fsp3) is 0.692. The van der Waals surface area contributed by atoms with Gasteiger partial charge < -0.3 is 0 Å². The summed E-state index contributed by atoms with van der Waals surface area (Å²) in [5, 5.41) is 16.0. The Hall–Kier alpha value is -1.72. The van der Waals surface area contributed by atoms with Crippen LogP contribution in [0.2, 0.25) is 0 Å². The zero-order valence-corrected chi connectivity index (χ0v) is 12.3. The van der Waals surface area contributed by atoms with E-state index in [1.807, 2.05) is 12.4 Å². The van der Waals surface area contributed by atoms with E-state index in [1.54, 1.807) is 6.21 Å². The summed E-state index contributed by atoms with van der Waals surface area (Å²) in [6.07, 6.45) is 11.3. The number of hydrogen-bond acceptors (Lipinski definition) is 4. The second-order valence-electron chi connectivity index (χ2n) is 3.96. The predicted molar refractivity (Wildman–Crippen MR) is 83.9 cm³/mol. The summed E-state index contributed by atoms with van der Waals surface area (Å²) in [4.78, 5) is 0. The molecule has 6 nitrogen and oxygen atoms in total. The van der Waals surface area contributed by atoms with Crippen LogP contribution in [0.25, 0.3) is 0 Å². The van der Waals surface area contributed by atoms with Crippen molar-refractivity contribution < 1.29 is 0 Å². The molecular weight excluding hydrogens is 240 g/mol. The van der Waals surface area contributed by atoms with Crippen molar-refractivity contribution in [1.82, 2.24) is 10.9 Å². The van der Waals surface area contributed by atoms with Crippen molar-refractivity contribution in [2.45, 2.75) is 59.3 Å². The third kappa shape index (κ3) is 12.5. The second-order valence-corrected chi connectivity index (χ2v) is 3.96. The summed E-state index contributed by atoms with van der Waals surface area (Å²) in [5.41, 5.74) is 5.58. The topological polar surface area (TPSA) is 73.5 Å². The van der Waals surface area contributed by atoms with Crippen LogP contribution in [0.15, 0.2) is 20.4 Å². The molecule has 0 saturated heterocycles. The monoisotopic (exact) mass is 266 g/mol. The maximum atomic E-state index is 4.04. The molecule has 0 aromatic carbocycles. The van der Waals surface area contributed by atoms with Crippen LogP contribution in [0.5, 0.6) is 0 Å². The van der Waals surface area contributed by atoms with Gasteiger partial charge in [-0.15, -0.1) is 5.10 Å². The van der Waals surface area contributed by atoms with Gasteiger partial charge in [-0.25, -0.2) is 10.9 Å². The molecule has 2 N–H and O–H groups in total. The smallest absolute Gasteiger partial charge is 0.245 e. The third-order valence-electron chi connectivity index (χ3n) is 2.02. The average Bonchev–Trinajstić information content (AvgIpc) is 2.43. The van der Waals surface area contributed by atoms with E-state index in [0.717, 1.165) is 38.5 Å². The Kier molecular flexibility index (Phi) is 13.0. The number of nitrogens with zero attached hydrogens (tertiary/aromatic N) is 4. The van der Waals surface area contributed by atoms with E-state index in [-0.39, 0.29) is 0 Å². The largest absolute Gasteiger partial charge is 0.257 e. The molecule has 6 heteroatoms. The highest BCUT2D eigenvalue weighted by Crippen LogP contribution is 1.84. The highest BCUT2D eigenvalue weighted by atomic mass is 15.5. The summed E-state index contributed by atoms with van der Waals surface area (Å²) in [6.45, 7) is 6.30. The van der Waals surface area contributed by atoms with Crippen molar-refractivity contribution >= 4 is 24.6 Å². The Morgan fingerprint density at radius 2 is 1.26 bits per heavy atom. The van der Waals surface area contributed by atoms with Crippen molar-refractivity contribution in [3.63, 3.8) is 0 Å². The highest BCUT2D eigenvalue weighted by Gasteiger charge is 1.92. The van der Waals surface area contributed by atoms with Gasteiger partial charge in [-0.3, -0.25) is 0 Å².